The minimum absolute atomic E-state index is 0.288. The molecule has 0 radical (unpaired) electrons. The lowest BCUT2D eigenvalue weighted by Crippen LogP contribution is -2.53. The topological polar surface area (TPSA) is 53.0 Å². The van der Waals surface area contributed by atoms with Gasteiger partial charge in [0.15, 0.2) is 0 Å². The monoisotopic (exact) mass is 388 g/mol. The first kappa shape index (κ1) is 20.4. The number of carboxylic acids is 1. The van der Waals surface area contributed by atoms with Crippen molar-refractivity contribution in [2.24, 2.45) is 5.41 Å². The zero-order valence-electron chi connectivity index (χ0n) is 17.0. The van der Waals surface area contributed by atoms with E-state index < -0.39 is 5.97 Å². The highest BCUT2D eigenvalue weighted by molar-refractivity contribution is 5.90. The van der Waals surface area contributed by atoms with Crippen LogP contribution < -0.4 is 0 Å². The second-order valence-electron chi connectivity index (χ2n) is 8.53. The third-order valence-corrected chi connectivity index (χ3v) is 5.28. The van der Waals surface area contributed by atoms with Crippen molar-refractivity contribution in [1.82, 2.24) is 9.80 Å². The quantitative estimate of drug-likeness (QED) is 0.854. The Labute approximate surface area is 166 Å². The Balaban J connectivity index is 2.10. The van der Waals surface area contributed by atoms with Crippen LogP contribution in [0.2, 0.25) is 0 Å². The van der Waals surface area contributed by atoms with E-state index in [0.29, 0.717) is 25.3 Å². The fourth-order valence-electron chi connectivity index (χ4n) is 4.11. The second kappa shape index (κ2) is 7.95. The van der Waals surface area contributed by atoms with Crippen LogP contribution in [-0.4, -0.2) is 53.2 Å². The van der Waals surface area contributed by atoms with Gasteiger partial charge in [-0.25, -0.2) is 9.18 Å². The van der Waals surface area contributed by atoms with E-state index in [2.05, 4.69) is 30.6 Å². The smallest absolute Gasteiger partial charge is 0.333 e. The molecule has 28 heavy (non-hydrogen) atoms. The second-order valence-corrected chi connectivity index (χ2v) is 8.53. The molecule has 1 unspecified atom stereocenters. The molecule has 3 rings (SSSR count). The fourth-order valence-corrected chi connectivity index (χ4v) is 4.11. The number of halogens is 1. The number of hydrogen-bond acceptors (Lipinski definition) is 4. The van der Waals surface area contributed by atoms with Gasteiger partial charge in [-0.1, -0.05) is 32.9 Å². The normalized spacial score (nSPS) is 21.0. The van der Waals surface area contributed by atoms with Gasteiger partial charge in [-0.15, -0.1) is 0 Å². The molecular formula is C22H29FN2O3. The Morgan fingerprint density at radius 2 is 1.96 bits per heavy atom. The molecule has 6 heteroatoms. The number of carboxylic acid groups (broad SMARTS) is 1. The summed E-state index contributed by atoms with van der Waals surface area (Å²) in [5.41, 5.74) is 1.66. The standard InChI is InChI=1S/C22H29FN2O3/c1-15-12-18(24-8-10-28-11-9-24)25(14-16-6-5-7-17(23)13-16)20(22(2,3)4)19(15)21(26)27/h5-7,12-13,20H,8-11,14H2,1-4H3,(H,26,27). The van der Waals surface area contributed by atoms with Crippen molar-refractivity contribution in [3.05, 3.63) is 58.7 Å². The summed E-state index contributed by atoms with van der Waals surface area (Å²) in [5, 5.41) is 9.96. The highest BCUT2D eigenvalue weighted by Crippen LogP contribution is 2.39. The number of morpholine rings is 1. The molecule has 5 nitrogen and oxygen atoms in total. The highest BCUT2D eigenvalue weighted by Gasteiger charge is 2.42. The summed E-state index contributed by atoms with van der Waals surface area (Å²) >= 11 is 0. The maximum absolute atomic E-state index is 13.8. The summed E-state index contributed by atoms with van der Waals surface area (Å²) in [5.74, 6) is -0.210. The van der Waals surface area contributed by atoms with E-state index in [9.17, 15) is 14.3 Å². The lowest BCUT2D eigenvalue weighted by atomic mass is 9.77. The number of nitrogens with zero attached hydrogens (tertiary/aromatic N) is 2. The van der Waals surface area contributed by atoms with Crippen LogP contribution in [0.3, 0.4) is 0 Å². The van der Waals surface area contributed by atoms with E-state index in [1.807, 2.05) is 19.1 Å². The Morgan fingerprint density at radius 1 is 1.29 bits per heavy atom. The van der Waals surface area contributed by atoms with Gasteiger partial charge in [0, 0.05) is 19.6 Å². The van der Waals surface area contributed by atoms with Crippen molar-refractivity contribution in [2.75, 3.05) is 26.3 Å². The first-order chi connectivity index (χ1) is 13.2. The number of ether oxygens (including phenoxy) is 1. The number of rotatable bonds is 4. The largest absolute Gasteiger partial charge is 0.478 e. The number of allylic oxidation sites excluding steroid dienone is 2. The highest BCUT2D eigenvalue weighted by atomic mass is 19.1. The van der Waals surface area contributed by atoms with Crippen LogP contribution >= 0.6 is 0 Å². The molecule has 1 aromatic carbocycles. The molecule has 1 fully saturated rings. The number of hydrogen-bond donors (Lipinski definition) is 1. The molecule has 0 spiro atoms. The van der Waals surface area contributed by atoms with Crippen LogP contribution in [-0.2, 0) is 16.1 Å². The summed E-state index contributed by atoms with van der Waals surface area (Å²) in [6.07, 6.45) is 1.95. The number of carbonyl (C=O) groups is 1. The molecule has 152 valence electrons. The van der Waals surface area contributed by atoms with Crippen molar-refractivity contribution in [2.45, 2.75) is 40.3 Å². The summed E-state index contributed by atoms with van der Waals surface area (Å²) < 4.78 is 19.3. The van der Waals surface area contributed by atoms with E-state index in [4.69, 9.17) is 4.74 Å². The Kier molecular flexibility index (Phi) is 5.79. The molecule has 0 bridgehead atoms. The maximum Gasteiger partial charge on any atom is 0.333 e. The fraction of sp³-hybridized carbons (Fsp3) is 0.500. The molecule has 0 aromatic heterocycles. The van der Waals surface area contributed by atoms with Crippen molar-refractivity contribution in [3.63, 3.8) is 0 Å². The van der Waals surface area contributed by atoms with Gasteiger partial charge < -0.3 is 19.6 Å². The minimum atomic E-state index is -0.904. The lowest BCUT2D eigenvalue weighted by Gasteiger charge is -2.49. The third kappa shape index (κ3) is 4.22. The molecule has 2 aliphatic rings. The molecule has 0 aliphatic carbocycles. The number of benzene rings is 1. The van der Waals surface area contributed by atoms with Gasteiger partial charge in [0.1, 0.15) is 11.6 Å². The van der Waals surface area contributed by atoms with Crippen LogP contribution in [0.5, 0.6) is 0 Å². The Morgan fingerprint density at radius 3 is 2.54 bits per heavy atom. The molecule has 1 saturated heterocycles. The van der Waals surface area contributed by atoms with Crippen LogP contribution in [0.25, 0.3) is 0 Å². The van der Waals surface area contributed by atoms with Crippen LogP contribution in [0.1, 0.15) is 33.3 Å². The summed E-state index contributed by atoms with van der Waals surface area (Å²) in [6.45, 7) is 11.2. The molecule has 0 amide bonds. The van der Waals surface area contributed by atoms with Crippen molar-refractivity contribution in [3.8, 4) is 0 Å². The van der Waals surface area contributed by atoms with Gasteiger partial charge in [0.05, 0.1) is 24.8 Å². The molecule has 2 aliphatic heterocycles. The third-order valence-electron chi connectivity index (χ3n) is 5.28. The lowest BCUT2D eigenvalue weighted by molar-refractivity contribution is -0.134. The zero-order chi connectivity index (χ0) is 20.5. The zero-order valence-corrected chi connectivity index (χ0v) is 17.0. The van der Waals surface area contributed by atoms with Gasteiger partial charge >= 0.3 is 5.97 Å². The molecule has 1 N–H and O–H groups in total. The predicted molar refractivity (Wildman–Crippen MR) is 106 cm³/mol. The van der Waals surface area contributed by atoms with E-state index in [0.717, 1.165) is 30.0 Å². The first-order valence-corrected chi connectivity index (χ1v) is 9.68. The van der Waals surface area contributed by atoms with Gasteiger partial charge in [-0.3, -0.25) is 0 Å². The Hall–Kier alpha value is -2.34. The predicted octanol–water partition coefficient (Wildman–Crippen LogP) is 3.63. The van der Waals surface area contributed by atoms with E-state index in [-0.39, 0.29) is 17.3 Å². The molecular weight excluding hydrogens is 359 g/mol. The van der Waals surface area contributed by atoms with Gasteiger partial charge in [-0.05, 0) is 41.7 Å². The average molecular weight is 388 g/mol. The van der Waals surface area contributed by atoms with Crippen LogP contribution in [0.4, 0.5) is 4.39 Å². The molecule has 2 heterocycles. The number of aliphatic carboxylic acids is 1. The van der Waals surface area contributed by atoms with E-state index in [1.54, 1.807) is 6.07 Å². The van der Waals surface area contributed by atoms with Crippen molar-refractivity contribution >= 4 is 5.97 Å². The van der Waals surface area contributed by atoms with Crippen molar-refractivity contribution < 1.29 is 19.0 Å². The summed E-state index contributed by atoms with van der Waals surface area (Å²) in [6, 6.07) is 6.18. The van der Waals surface area contributed by atoms with Gasteiger partial charge in [-0.2, -0.15) is 0 Å². The minimum Gasteiger partial charge on any atom is -0.478 e. The van der Waals surface area contributed by atoms with E-state index >= 15 is 0 Å². The molecule has 1 atom stereocenters. The summed E-state index contributed by atoms with van der Waals surface area (Å²) in [7, 11) is 0. The molecule has 1 aromatic rings. The summed E-state index contributed by atoms with van der Waals surface area (Å²) in [4.78, 5) is 16.5. The Bertz CT molecular complexity index is 804. The van der Waals surface area contributed by atoms with E-state index in [1.165, 1.54) is 12.1 Å². The maximum atomic E-state index is 13.8. The van der Waals surface area contributed by atoms with Crippen molar-refractivity contribution in [1.29, 1.82) is 0 Å². The van der Waals surface area contributed by atoms with Gasteiger partial charge in [0.2, 0.25) is 0 Å². The van der Waals surface area contributed by atoms with Crippen LogP contribution in [0.15, 0.2) is 47.3 Å². The first-order valence-electron chi connectivity index (χ1n) is 9.68. The van der Waals surface area contributed by atoms with Gasteiger partial charge in [0.25, 0.3) is 0 Å². The molecule has 0 saturated carbocycles. The van der Waals surface area contributed by atoms with Crippen LogP contribution in [0, 0.1) is 11.2 Å². The average Bonchev–Trinajstić information content (AvgIpc) is 2.62. The SMILES string of the molecule is CC1=C(C(=O)O)C(C(C)(C)C)N(Cc2cccc(F)c2)C(N2CCOCC2)=C1.